The fourth-order valence-corrected chi connectivity index (χ4v) is 6.10. The first-order valence-electron chi connectivity index (χ1n) is 16.1. The third-order valence-corrected chi connectivity index (χ3v) is 8.62. The van der Waals surface area contributed by atoms with Gasteiger partial charge in [0.15, 0.2) is 0 Å². The van der Waals surface area contributed by atoms with Crippen molar-refractivity contribution in [2.45, 2.75) is 113 Å². The number of carbonyl (C=O) groups is 3. The second kappa shape index (κ2) is 20.2. The average Bonchev–Trinajstić information content (AvgIpc) is 3.53. The summed E-state index contributed by atoms with van der Waals surface area (Å²) in [5.41, 5.74) is 0.666. The van der Waals surface area contributed by atoms with Crippen molar-refractivity contribution < 1.29 is 43.2 Å². The zero-order valence-corrected chi connectivity index (χ0v) is 27.5. The molecule has 4 unspecified atom stereocenters. The van der Waals surface area contributed by atoms with E-state index in [1.807, 2.05) is 13.8 Å². The van der Waals surface area contributed by atoms with E-state index in [0.29, 0.717) is 22.7 Å². The largest absolute Gasteiger partial charge is 0.508 e. The molecule has 4 atom stereocenters. The second-order valence-corrected chi connectivity index (χ2v) is 13.5. The zero-order valence-electron chi connectivity index (χ0n) is 27.5. The van der Waals surface area contributed by atoms with Gasteiger partial charge in [-0.25, -0.2) is 4.79 Å². The van der Waals surface area contributed by atoms with Gasteiger partial charge < -0.3 is 28.8 Å². The molecular weight excluding hydrogens is 540 g/mol. The van der Waals surface area contributed by atoms with E-state index < -0.39 is 6.16 Å². The van der Waals surface area contributed by atoms with Crippen molar-refractivity contribution in [2.75, 3.05) is 46.2 Å². The zero-order chi connectivity index (χ0) is 31.6. The first-order chi connectivity index (χ1) is 19.8. The highest BCUT2D eigenvalue weighted by molar-refractivity contribution is 5.72. The summed E-state index contributed by atoms with van der Waals surface area (Å²) in [5.74, 6) is 0.322. The smallest absolute Gasteiger partial charge is 0.463 e. The van der Waals surface area contributed by atoms with Gasteiger partial charge >= 0.3 is 18.1 Å². The SMILES string of the molecule is C1CCOC1.CC(C(=O)OCCO)C1CCCC(C)(C)C1.CCOC(=O)OCCOC(=O)C(C)C1CCCC(C)(C)C1. The van der Waals surface area contributed by atoms with E-state index in [2.05, 4.69) is 32.4 Å². The maximum Gasteiger partial charge on any atom is 0.508 e. The highest BCUT2D eigenvalue weighted by Gasteiger charge is 2.35. The van der Waals surface area contributed by atoms with Crippen LogP contribution in [0.2, 0.25) is 0 Å². The summed E-state index contributed by atoms with van der Waals surface area (Å²) in [6.07, 6.45) is 11.0. The van der Waals surface area contributed by atoms with Crippen LogP contribution < -0.4 is 0 Å². The Bertz CT molecular complexity index is 768. The molecule has 2 aliphatic carbocycles. The predicted molar refractivity (Wildman–Crippen MR) is 162 cm³/mol. The molecule has 3 fully saturated rings. The minimum absolute atomic E-state index is 0.0352. The van der Waals surface area contributed by atoms with Crippen molar-refractivity contribution in [3.63, 3.8) is 0 Å². The van der Waals surface area contributed by atoms with Crippen molar-refractivity contribution in [3.8, 4) is 0 Å². The molecular formula is C33H60O9. The minimum atomic E-state index is -0.726. The summed E-state index contributed by atoms with van der Waals surface area (Å²) in [6, 6.07) is 0. The molecule has 9 heteroatoms. The molecule has 1 N–H and O–H groups in total. The van der Waals surface area contributed by atoms with Crippen LogP contribution in [0.1, 0.15) is 113 Å². The number of aliphatic hydroxyl groups excluding tert-OH is 1. The summed E-state index contributed by atoms with van der Waals surface area (Å²) in [6.45, 7) is 17.1. The molecule has 3 rings (SSSR count). The van der Waals surface area contributed by atoms with Crippen LogP contribution in [0.15, 0.2) is 0 Å². The van der Waals surface area contributed by atoms with Crippen molar-refractivity contribution in [1.29, 1.82) is 0 Å². The Kier molecular flexibility index (Phi) is 18.3. The standard InChI is InChI=1S/C16H28O5.C13H24O3.C4H8O/c1-5-19-15(18)21-10-9-20-14(17)12(2)13-7-6-8-16(3,4)11-13;1-10(12(15)16-8-7-14)11-5-4-6-13(2,3)9-11;1-2-4-5-3-1/h12-13H,5-11H2,1-4H3;10-11,14H,4-9H2,1-3H3;1-4H2. The molecule has 246 valence electrons. The first kappa shape index (κ1) is 38.2. The fourth-order valence-electron chi connectivity index (χ4n) is 6.10. The number of carbonyl (C=O) groups excluding carboxylic acids is 3. The topological polar surface area (TPSA) is 118 Å². The van der Waals surface area contributed by atoms with Gasteiger partial charge in [-0.2, -0.15) is 0 Å². The average molecular weight is 601 g/mol. The van der Waals surface area contributed by atoms with E-state index >= 15 is 0 Å². The van der Waals surface area contributed by atoms with E-state index in [1.54, 1.807) is 6.92 Å². The van der Waals surface area contributed by atoms with Crippen LogP contribution in [0, 0.1) is 34.5 Å². The molecule has 0 aromatic heterocycles. The summed E-state index contributed by atoms with van der Waals surface area (Å²) < 4.78 is 24.5. The van der Waals surface area contributed by atoms with E-state index in [0.717, 1.165) is 38.9 Å². The van der Waals surface area contributed by atoms with Gasteiger partial charge in [-0.05, 0) is 81.0 Å². The Balaban J connectivity index is 0.000000368. The monoisotopic (exact) mass is 600 g/mol. The maximum absolute atomic E-state index is 12.0. The van der Waals surface area contributed by atoms with E-state index in [4.69, 9.17) is 24.1 Å². The number of hydrogen-bond acceptors (Lipinski definition) is 9. The Hall–Kier alpha value is -1.87. The first-order valence-corrected chi connectivity index (χ1v) is 16.1. The number of hydrogen-bond donors (Lipinski definition) is 1. The third-order valence-electron chi connectivity index (χ3n) is 8.62. The molecule has 2 saturated carbocycles. The van der Waals surface area contributed by atoms with Crippen molar-refractivity contribution in [2.24, 2.45) is 34.5 Å². The number of esters is 2. The molecule has 1 aliphatic heterocycles. The molecule has 0 bridgehead atoms. The van der Waals surface area contributed by atoms with Gasteiger partial charge in [-0.15, -0.1) is 0 Å². The van der Waals surface area contributed by atoms with Crippen LogP contribution in [0.5, 0.6) is 0 Å². The lowest BCUT2D eigenvalue weighted by atomic mass is 9.68. The Morgan fingerprint density at radius 3 is 1.57 bits per heavy atom. The second-order valence-electron chi connectivity index (χ2n) is 13.5. The third kappa shape index (κ3) is 16.1. The molecule has 1 heterocycles. The van der Waals surface area contributed by atoms with Crippen LogP contribution in [0.25, 0.3) is 0 Å². The Morgan fingerprint density at radius 2 is 1.19 bits per heavy atom. The molecule has 0 radical (unpaired) electrons. The molecule has 3 aliphatic rings. The molecule has 0 aromatic carbocycles. The van der Waals surface area contributed by atoms with Crippen LogP contribution >= 0.6 is 0 Å². The normalized spacial score (nSPS) is 23.9. The van der Waals surface area contributed by atoms with E-state index in [9.17, 15) is 14.4 Å². The molecule has 0 spiro atoms. The lowest BCUT2D eigenvalue weighted by Gasteiger charge is -2.37. The number of aliphatic hydroxyl groups is 1. The highest BCUT2D eigenvalue weighted by Crippen LogP contribution is 2.42. The maximum atomic E-state index is 12.0. The lowest BCUT2D eigenvalue weighted by molar-refractivity contribution is -0.152. The van der Waals surface area contributed by atoms with Crippen LogP contribution in [0.4, 0.5) is 4.79 Å². The Morgan fingerprint density at radius 1 is 0.738 bits per heavy atom. The van der Waals surface area contributed by atoms with Gasteiger partial charge in [0.05, 0.1) is 25.0 Å². The quantitative estimate of drug-likeness (QED) is 0.165. The van der Waals surface area contributed by atoms with E-state index in [1.165, 1.54) is 38.5 Å². The van der Waals surface area contributed by atoms with Gasteiger partial charge in [0.2, 0.25) is 0 Å². The Labute approximate surface area is 254 Å². The van der Waals surface area contributed by atoms with E-state index in [-0.39, 0.29) is 56.8 Å². The van der Waals surface area contributed by atoms with Gasteiger partial charge in [0.1, 0.15) is 19.8 Å². The fraction of sp³-hybridized carbons (Fsp3) is 0.909. The van der Waals surface area contributed by atoms with Crippen molar-refractivity contribution >= 4 is 18.1 Å². The summed E-state index contributed by atoms with van der Waals surface area (Å²) in [5, 5.41) is 8.61. The van der Waals surface area contributed by atoms with Crippen molar-refractivity contribution in [3.05, 3.63) is 0 Å². The van der Waals surface area contributed by atoms with Gasteiger partial charge in [-0.3, -0.25) is 9.59 Å². The highest BCUT2D eigenvalue weighted by atomic mass is 16.7. The van der Waals surface area contributed by atoms with Crippen LogP contribution in [0.3, 0.4) is 0 Å². The van der Waals surface area contributed by atoms with Crippen LogP contribution in [-0.2, 0) is 33.3 Å². The molecule has 42 heavy (non-hydrogen) atoms. The molecule has 0 aromatic rings. The van der Waals surface area contributed by atoms with Crippen molar-refractivity contribution in [1.82, 2.24) is 0 Å². The number of rotatable bonds is 10. The summed E-state index contributed by atoms with van der Waals surface area (Å²) >= 11 is 0. The number of ether oxygens (including phenoxy) is 5. The summed E-state index contributed by atoms with van der Waals surface area (Å²) in [7, 11) is 0. The van der Waals surface area contributed by atoms with Crippen LogP contribution in [-0.4, -0.2) is 69.4 Å². The molecule has 1 saturated heterocycles. The lowest BCUT2D eigenvalue weighted by Crippen LogP contribution is -2.31. The van der Waals surface area contributed by atoms with Gasteiger partial charge in [0, 0.05) is 13.2 Å². The van der Waals surface area contributed by atoms with Gasteiger partial charge in [0.25, 0.3) is 0 Å². The molecule has 9 nitrogen and oxygen atoms in total. The predicted octanol–water partition coefficient (Wildman–Crippen LogP) is 6.73. The van der Waals surface area contributed by atoms with Gasteiger partial charge in [-0.1, -0.05) is 54.4 Å². The summed E-state index contributed by atoms with van der Waals surface area (Å²) in [4.78, 5) is 34.7. The molecule has 0 amide bonds. The minimum Gasteiger partial charge on any atom is -0.463 e.